The summed E-state index contributed by atoms with van der Waals surface area (Å²) in [5, 5.41) is 0. The van der Waals surface area contributed by atoms with Gasteiger partial charge in [-0.1, -0.05) is 37.3 Å². The van der Waals surface area contributed by atoms with Crippen LogP contribution in [0.1, 0.15) is 30.4 Å². The van der Waals surface area contributed by atoms with Crippen molar-refractivity contribution in [1.29, 1.82) is 0 Å². The Labute approximate surface area is 80.3 Å². The van der Waals surface area contributed by atoms with E-state index in [4.69, 9.17) is 5.73 Å². The molecule has 0 aliphatic rings. The molecule has 0 spiro atoms. The average molecular weight is 175 g/mol. The van der Waals surface area contributed by atoms with Crippen LogP contribution in [-0.4, -0.2) is 0 Å². The van der Waals surface area contributed by atoms with Gasteiger partial charge >= 0.3 is 0 Å². The second-order valence-corrected chi connectivity index (χ2v) is 3.20. The minimum atomic E-state index is 0.479. The highest BCUT2D eigenvalue weighted by molar-refractivity contribution is 5.27. The number of hydrogen-bond donors (Lipinski definition) is 1. The van der Waals surface area contributed by atoms with Gasteiger partial charge in [0.2, 0.25) is 0 Å². The Bertz CT molecular complexity index is 261. The Morgan fingerprint density at radius 3 is 2.38 bits per heavy atom. The molecule has 1 rings (SSSR count). The number of nitrogens with two attached hydrogens (primary N) is 1. The van der Waals surface area contributed by atoms with Gasteiger partial charge in [0, 0.05) is 12.5 Å². The zero-order chi connectivity index (χ0) is 9.68. The maximum atomic E-state index is 5.52. The Hall–Kier alpha value is -1.08. The lowest BCUT2D eigenvalue weighted by Gasteiger charge is -2.10. The van der Waals surface area contributed by atoms with Crippen molar-refractivity contribution in [3.05, 3.63) is 48.0 Å². The van der Waals surface area contributed by atoms with Crippen molar-refractivity contribution in [2.75, 3.05) is 0 Å². The van der Waals surface area contributed by atoms with Crippen molar-refractivity contribution < 1.29 is 0 Å². The van der Waals surface area contributed by atoms with E-state index >= 15 is 0 Å². The Balaban J connectivity index is 2.83. The number of benzene rings is 1. The topological polar surface area (TPSA) is 26.0 Å². The zero-order valence-corrected chi connectivity index (χ0v) is 8.16. The first-order valence-corrected chi connectivity index (χ1v) is 4.73. The van der Waals surface area contributed by atoms with E-state index < -0.39 is 0 Å². The number of allylic oxidation sites excluding steroid dienone is 1. The van der Waals surface area contributed by atoms with Gasteiger partial charge < -0.3 is 5.73 Å². The van der Waals surface area contributed by atoms with Crippen molar-refractivity contribution in [3.63, 3.8) is 0 Å². The molecular weight excluding hydrogens is 158 g/mol. The van der Waals surface area contributed by atoms with E-state index in [9.17, 15) is 0 Å². The largest absolute Gasteiger partial charge is 0.326 e. The molecule has 0 aliphatic heterocycles. The van der Waals surface area contributed by atoms with Gasteiger partial charge in [0.05, 0.1) is 0 Å². The summed E-state index contributed by atoms with van der Waals surface area (Å²) in [5.74, 6) is 0.479. The van der Waals surface area contributed by atoms with E-state index in [1.54, 1.807) is 0 Å². The Morgan fingerprint density at radius 2 is 2.00 bits per heavy atom. The van der Waals surface area contributed by atoms with Gasteiger partial charge in [-0.3, -0.25) is 0 Å². The van der Waals surface area contributed by atoms with Crippen molar-refractivity contribution in [2.24, 2.45) is 5.73 Å². The van der Waals surface area contributed by atoms with Gasteiger partial charge in [-0.05, 0) is 17.5 Å². The molecule has 0 saturated carbocycles. The van der Waals surface area contributed by atoms with E-state index in [1.165, 1.54) is 11.1 Å². The van der Waals surface area contributed by atoms with Crippen LogP contribution in [0.3, 0.4) is 0 Å². The standard InChI is InChI=1S/C12H17N/c1-3-11(4-2)12-7-5-10(9-13)6-8-12/h3,5-8,11H,1,4,9,13H2,2H3. The third kappa shape index (κ3) is 2.43. The summed E-state index contributed by atoms with van der Waals surface area (Å²) in [6.07, 6.45) is 3.10. The van der Waals surface area contributed by atoms with Crippen LogP contribution in [0.4, 0.5) is 0 Å². The van der Waals surface area contributed by atoms with E-state index in [-0.39, 0.29) is 0 Å². The van der Waals surface area contributed by atoms with Gasteiger partial charge in [0.1, 0.15) is 0 Å². The highest BCUT2D eigenvalue weighted by Gasteiger charge is 2.03. The smallest absolute Gasteiger partial charge is 0.0178 e. The summed E-state index contributed by atoms with van der Waals surface area (Å²) >= 11 is 0. The molecule has 0 aromatic heterocycles. The first-order chi connectivity index (χ1) is 6.31. The van der Waals surface area contributed by atoms with Crippen molar-refractivity contribution in [1.82, 2.24) is 0 Å². The molecule has 1 nitrogen and oxygen atoms in total. The normalized spacial score (nSPS) is 12.5. The van der Waals surface area contributed by atoms with Crippen LogP contribution >= 0.6 is 0 Å². The molecule has 0 heterocycles. The predicted octanol–water partition coefficient (Wildman–Crippen LogP) is 2.82. The predicted molar refractivity (Wildman–Crippen MR) is 57.6 cm³/mol. The molecule has 1 atom stereocenters. The van der Waals surface area contributed by atoms with Crippen LogP contribution in [0.2, 0.25) is 0 Å². The first kappa shape index (κ1) is 10.0. The molecule has 1 aromatic carbocycles. The average Bonchev–Trinajstić information content (AvgIpc) is 2.21. The molecule has 0 saturated heterocycles. The van der Waals surface area contributed by atoms with Crippen molar-refractivity contribution in [2.45, 2.75) is 25.8 Å². The summed E-state index contributed by atoms with van der Waals surface area (Å²) in [4.78, 5) is 0. The molecule has 70 valence electrons. The highest BCUT2D eigenvalue weighted by Crippen LogP contribution is 2.20. The summed E-state index contributed by atoms with van der Waals surface area (Å²) in [6.45, 7) is 6.61. The molecule has 0 radical (unpaired) electrons. The van der Waals surface area contributed by atoms with Gasteiger partial charge in [0.25, 0.3) is 0 Å². The van der Waals surface area contributed by atoms with E-state index in [1.807, 2.05) is 6.08 Å². The molecule has 1 heteroatoms. The second-order valence-electron chi connectivity index (χ2n) is 3.20. The minimum Gasteiger partial charge on any atom is -0.326 e. The Kier molecular flexibility index (Phi) is 3.71. The lowest BCUT2D eigenvalue weighted by molar-refractivity contribution is 0.806. The second kappa shape index (κ2) is 4.83. The lowest BCUT2D eigenvalue weighted by atomic mass is 9.96. The highest BCUT2D eigenvalue weighted by atomic mass is 14.5. The summed E-state index contributed by atoms with van der Waals surface area (Å²) in [6, 6.07) is 8.44. The van der Waals surface area contributed by atoms with Gasteiger partial charge in [-0.25, -0.2) is 0 Å². The minimum absolute atomic E-state index is 0.479. The van der Waals surface area contributed by atoms with E-state index in [0.717, 1.165) is 6.42 Å². The maximum absolute atomic E-state index is 5.52. The molecule has 1 unspecified atom stereocenters. The molecule has 0 bridgehead atoms. The molecule has 1 aromatic rings. The fourth-order valence-electron chi connectivity index (χ4n) is 1.44. The van der Waals surface area contributed by atoms with E-state index in [0.29, 0.717) is 12.5 Å². The SMILES string of the molecule is C=CC(CC)c1ccc(CN)cc1. The van der Waals surface area contributed by atoms with Gasteiger partial charge in [0.15, 0.2) is 0 Å². The summed E-state index contributed by atoms with van der Waals surface area (Å²) in [7, 11) is 0. The molecular formula is C12H17N. The molecule has 0 fully saturated rings. The maximum Gasteiger partial charge on any atom is 0.0178 e. The zero-order valence-electron chi connectivity index (χ0n) is 8.16. The molecule has 0 aliphatic carbocycles. The van der Waals surface area contributed by atoms with Crippen LogP contribution in [0, 0.1) is 0 Å². The quantitative estimate of drug-likeness (QED) is 0.700. The van der Waals surface area contributed by atoms with Crippen LogP contribution < -0.4 is 5.73 Å². The van der Waals surface area contributed by atoms with Crippen LogP contribution in [0.5, 0.6) is 0 Å². The summed E-state index contributed by atoms with van der Waals surface area (Å²) < 4.78 is 0. The van der Waals surface area contributed by atoms with Gasteiger partial charge in [-0.15, -0.1) is 6.58 Å². The Morgan fingerprint density at radius 1 is 1.38 bits per heavy atom. The molecule has 13 heavy (non-hydrogen) atoms. The number of hydrogen-bond acceptors (Lipinski definition) is 1. The van der Waals surface area contributed by atoms with Crippen molar-refractivity contribution in [3.8, 4) is 0 Å². The number of rotatable bonds is 4. The molecule has 0 amide bonds. The fraction of sp³-hybridized carbons (Fsp3) is 0.333. The lowest BCUT2D eigenvalue weighted by Crippen LogP contribution is -1.97. The van der Waals surface area contributed by atoms with Crippen LogP contribution in [0.15, 0.2) is 36.9 Å². The van der Waals surface area contributed by atoms with Gasteiger partial charge in [-0.2, -0.15) is 0 Å². The van der Waals surface area contributed by atoms with Crippen molar-refractivity contribution >= 4 is 0 Å². The van der Waals surface area contributed by atoms with E-state index in [2.05, 4.69) is 37.8 Å². The monoisotopic (exact) mass is 175 g/mol. The first-order valence-electron chi connectivity index (χ1n) is 4.73. The third-order valence-electron chi connectivity index (χ3n) is 2.37. The summed E-state index contributed by atoms with van der Waals surface area (Å²) in [5.41, 5.74) is 8.03. The molecule has 2 N–H and O–H groups in total. The fourth-order valence-corrected chi connectivity index (χ4v) is 1.44. The third-order valence-corrected chi connectivity index (χ3v) is 2.37. The van der Waals surface area contributed by atoms with Crippen LogP contribution in [-0.2, 0) is 6.54 Å². The van der Waals surface area contributed by atoms with Crippen LogP contribution in [0.25, 0.3) is 0 Å².